The molecular weight excluding hydrogens is 1650 g/mol. The van der Waals surface area contributed by atoms with Crippen molar-refractivity contribution < 1.29 is 66.5 Å². The smallest absolute Gasteiger partial charge is 0.345 e. The minimum Gasteiger partial charge on any atom is -0.490 e. The summed E-state index contributed by atoms with van der Waals surface area (Å²) >= 11 is 0. The zero-order valence-electron chi connectivity index (χ0n) is 77.6. The molecule has 0 amide bonds. The van der Waals surface area contributed by atoms with Crippen molar-refractivity contribution in [2.45, 2.75) is 285 Å². The van der Waals surface area contributed by atoms with E-state index in [1.54, 1.807) is 60.7 Å². The monoisotopic (exact) mass is 1770 g/mol. The van der Waals surface area contributed by atoms with Gasteiger partial charge in [0.2, 0.25) is 11.5 Å². The molecule has 132 heavy (non-hydrogen) atoms. The van der Waals surface area contributed by atoms with Gasteiger partial charge in [0.25, 0.3) is 0 Å². The molecule has 0 aliphatic carbocycles. The van der Waals surface area contributed by atoms with E-state index < -0.39 is 23.9 Å². The molecule has 16 nitrogen and oxygen atoms in total. The van der Waals surface area contributed by atoms with E-state index in [0.717, 1.165) is 81.8 Å². The van der Waals surface area contributed by atoms with Crippen LogP contribution in [0.2, 0.25) is 0 Å². The molecule has 0 aliphatic rings. The van der Waals surface area contributed by atoms with Gasteiger partial charge in [-0.05, 0) is 182 Å². The molecule has 0 atom stereocenters. The zero-order valence-corrected chi connectivity index (χ0v) is 77.6. The number of nitrogens with zero attached hydrogens (tertiary/aromatic N) is 2. The number of pyridine rings is 2. The molecule has 2 aromatic heterocycles. The van der Waals surface area contributed by atoms with Gasteiger partial charge >= 0.3 is 23.9 Å². The van der Waals surface area contributed by atoms with E-state index in [1.807, 2.05) is 24.3 Å². The van der Waals surface area contributed by atoms with E-state index in [-0.39, 0.29) is 69.1 Å². The van der Waals surface area contributed by atoms with E-state index in [4.69, 9.17) is 60.2 Å². The van der Waals surface area contributed by atoms with Crippen LogP contribution in [0.5, 0.6) is 57.5 Å². The van der Waals surface area contributed by atoms with E-state index >= 15 is 0 Å². The van der Waals surface area contributed by atoms with Crippen molar-refractivity contribution >= 4 is 23.9 Å². The predicted molar refractivity (Wildman–Crippen MR) is 525 cm³/mol. The molecule has 7 rings (SSSR count). The molecule has 0 fully saturated rings. The third-order valence-corrected chi connectivity index (χ3v) is 21.0. The standard InChI is InChI=1S/C116H124N2O14/c1-7-13-19-25-31-37-43-49-55-61-82-123-107-89-99(90-108(124-83-62-56-50-44-38-32-26-20-14-8-2)111(107)127-86-65-59-53-47-41-35-29-23-17-11-5)115(121)131-103-76-72-101(73-77-103)129-113(119)97-70-80-105(117-93-97)95-68-67-69-96(88-95)106-81-71-98(94-118-106)114(120)130-102-74-78-104(79-75-102)132-116(122)100-91-109(125-84-63-57-51-45-39-33-27-21-15-9-3)112(128-87-66-60-54-48-42-36-30-24-18-12-6)110(92-100)126-85-64-58-52-46-40-34-28-22-16-10-4/h1,5,67-81,88-94H,8-10,12,14-16,18,20-22,24,26-28,30,32-34,36,38-40,42,44-46,48,50-52,54,56-58,60,62-64,66,83-85,87H2,2-4,6H3. The Labute approximate surface area is 786 Å². The van der Waals surface area contributed by atoms with Crippen LogP contribution in [0.3, 0.4) is 0 Å². The molecule has 0 N–H and O–H groups in total. The molecule has 7 aromatic rings. The summed E-state index contributed by atoms with van der Waals surface area (Å²) in [6, 6.07) is 32.6. The van der Waals surface area contributed by atoms with Crippen LogP contribution < -0.4 is 47.4 Å². The minimum absolute atomic E-state index is 0.00769. The second-order valence-electron chi connectivity index (χ2n) is 31.6. The average Bonchev–Trinajstić information content (AvgIpc) is 0.797. The van der Waals surface area contributed by atoms with Gasteiger partial charge in [-0.25, -0.2) is 19.2 Å². The molecule has 0 unspecified atom stereocenters. The Hall–Kier alpha value is -14.2. The fourth-order valence-electron chi connectivity index (χ4n) is 13.8. The summed E-state index contributed by atoms with van der Waals surface area (Å²) in [6.45, 7) is 10.7. The van der Waals surface area contributed by atoms with Gasteiger partial charge in [0.05, 0.1) is 60.1 Å². The number of terminal acetylenes is 2. The first kappa shape index (κ1) is 105. The van der Waals surface area contributed by atoms with Crippen LogP contribution in [-0.4, -0.2) is 60.3 Å². The lowest BCUT2D eigenvalue weighted by atomic mass is 10.0. The van der Waals surface area contributed by atoms with E-state index in [9.17, 15) is 19.2 Å². The number of rotatable bonds is 60. The van der Waals surface area contributed by atoms with Crippen molar-refractivity contribution in [3.05, 3.63) is 156 Å². The van der Waals surface area contributed by atoms with E-state index in [0.29, 0.717) is 54.9 Å². The molecule has 0 radical (unpaired) electrons. The van der Waals surface area contributed by atoms with Crippen LogP contribution in [0.1, 0.15) is 326 Å². The Morgan fingerprint density at radius 3 is 0.811 bits per heavy atom. The van der Waals surface area contributed by atoms with Crippen molar-refractivity contribution in [2.24, 2.45) is 0 Å². The Morgan fingerprint density at radius 2 is 0.515 bits per heavy atom. The molecule has 0 spiro atoms. The first-order chi connectivity index (χ1) is 65.0. The van der Waals surface area contributed by atoms with Gasteiger partial charge in [0.1, 0.15) is 35.2 Å². The van der Waals surface area contributed by atoms with Gasteiger partial charge in [-0.3, -0.25) is 9.97 Å². The largest absolute Gasteiger partial charge is 0.490 e. The summed E-state index contributed by atoms with van der Waals surface area (Å²) < 4.78 is 61.1. The number of esters is 4. The third-order valence-electron chi connectivity index (χ3n) is 21.0. The maximum atomic E-state index is 14.3. The topological polar surface area (TPSA) is 186 Å². The number of aromatic nitrogens is 2. The van der Waals surface area contributed by atoms with E-state index in [1.165, 1.54) is 229 Å². The highest BCUT2D eigenvalue weighted by Gasteiger charge is 2.24. The highest BCUT2D eigenvalue weighted by Crippen LogP contribution is 2.42. The molecule has 5 aromatic carbocycles. The van der Waals surface area contributed by atoms with Gasteiger partial charge in [-0.2, -0.15) is 0 Å². The predicted octanol–water partition coefficient (Wildman–Crippen LogP) is 25.9. The Morgan fingerprint density at radius 1 is 0.258 bits per heavy atom. The van der Waals surface area contributed by atoms with Crippen molar-refractivity contribution in [1.29, 1.82) is 0 Å². The molecule has 682 valence electrons. The quantitative estimate of drug-likeness (QED) is 0.0151. The normalized spacial score (nSPS) is 9.89. The number of hydrogen-bond donors (Lipinski definition) is 0. The summed E-state index contributed by atoms with van der Waals surface area (Å²) in [5.74, 6) is 48.9. The number of carbonyl (C=O) groups excluding carboxylic acids is 4. The number of hydrogen-bond acceptors (Lipinski definition) is 16. The fraction of sp³-hybridized carbons (Fsp3) is 0.414. The van der Waals surface area contributed by atoms with E-state index in [2.05, 4.69) is 168 Å². The molecule has 0 aliphatic heterocycles. The highest BCUT2D eigenvalue weighted by molar-refractivity contribution is 5.95. The lowest BCUT2D eigenvalue weighted by Crippen LogP contribution is -2.12. The number of unbranched alkanes of at least 4 members (excludes halogenated alkanes) is 36. The summed E-state index contributed by atoms with van der Waals surface area (Å²) in [5, 5.41) is 0. The summed E-state index contributed by atoms with van der Waals surface area (Å²) in [7, 11) is 0. The Kier molecular flexibility index (Phi) is 54.0. The first-order valence-electron chi connectivity index (χ1n) is 47.3. The molecule has 2 heterocycles. The zero-order chi connectivity index (χ0) is 93.4. The van der Waals surface area contributed by atoms with Gasteiger partial charge in [-0.1, -0.05) is 277 Å². The minimum atomic E-state index is -0.811. The molecular formula is C116H124N2O14. The molecule has 16 heteroatoms. The van der Waals surface area contributed by atoms with Crippen LogP contribution in [-0.2, 0) is 0 Å². The van der Waals surface area contributed by atoms with Crippen molar-refractivity contribution in [3.63, 3.8) is 0 Å². The number of ether oxygens (including phenoxy) is 10. The van der Waals surface area contributed by atoms with Crippen molar-refractivity contribution in [3.8, 4) is 223 Å². The van der Waals surface area contributed by atoms with Crippen LogP contribution in [0.15, 0.2) is 134 Å². The molecule has 0 bridgehead atoms. The average molecular weight is 1770 g/mol. The van der Waals surface area contributed by atoms with Gasteiger partial charge in [0.15, 0.2) is 23.0 Å². The summed E-state index contributed by atoms with van der Waals surface area (Å²) in [4.78, 5) is 64.8. The van der Waals surface area contributed by atoms with Crippen molar-refractivity contribution in [1.82, 2.24) is 9.97 Å². The first-order valence-corrected chi connectivity index (χ1v) is 47.3. The van der Waals surface area contributed by atoms with Crippen LogP contribution in [0.4, 0.5) is 0 Å². The lowest BCUT2D eigenvalue weighted by molar-refractivity contribution is 0.0718. The van der Waals surface area contributed by atoms with Crippen LogP contribution >= 0.6 is 0 Å². The SMILES string of the molecule is C#CC#CC#CC#CC#CC#COc1cc(C(=O)Oc2ccc(OC(=O)c3ccc(-c4cccc(-c5ccc(C(=O)Oc6ccc(OC(=O)c7cc(OCCCCCCCCCCCC)c(OCCCCCCCCCCCC)c(OCCCCCCCCCCCC)c7)cc6)cn5)c4)nc3)cc2)cc(OCCCCCCCCCCCC)c1OC#CC#CC#CC#CC#CC#C. The van der Waals surface area contributed by atoms with Gasteiger partial charge in [0, 0.05) is 88.8 Å². The third kappa shape index (κ3) is 44.2. The maximum absolute atomic E-state index is 14.3. The van der Waals surface area contributed by atoms with Gasteiger partial charge < -0.3 is 47.4 Å². The highest BCUT2D eigenvalue weighted by atomic mass is 16.6. The van der Waals surface area contributed by atoms with Crippen LogP contribution in [0.25, 0.3) is 22.5 Å². The van der Waals surface area contributed by atoms with Crippen molar-refractivity contribution in [2.75, 3.05) is 26.4 Å². The summed E-state index contributed by atoms with van der Waals surface area (Å²) in [6.07, 6.45) is 65.4. The Bertz CT molecular complexity index is 5470. The van der Waals surface area contributed by atoms with Gasteiger partial charge in [-0.15, -0.1) is 12.8 Å². The fourth-order valence-corrected chi connectivity index (χ4v) is 13.8. The summed E-state index contributed by atoms with van der Waals surface area (Å²) in [5.41, 5.74) is 3.25. The number of benzene rings is 5. The maximum Gasteiger partial charge on any atom is 0.345 e. The number of carbonyl (C=O) groups is 4. The lowest BCUT2D eigenvalue weighted by Gasteiger charge is -2.19. The van der Waals surface area contributed by atoms with Crippen LogP contribution in [0, 0.1) is 143 Å². The molecule has 0 saturated heterocycles. The second kappa shape index (κ2) is 68.0. The Balaban J connectivity index is 0.974. The second-order valence-corrected chi connectivity index (χ2v) is 31.6. The molecule has 0 saturated carbocycles.